The highest BCUT2D eigenvalue weighted by Crippen LogP contribution is 2.55. The molecule has 9 nitrogen and oxygen atoms in total. The van der Waals surface area contributed by atoms with Crippen molar-refractivity contribution in [2.75, 3.05) is 39.8 Å². The van der Waals surface area contributed by atoms with Crippen molar-refractivity contribution in [2.45, 2.75) is 126 Å². The molecule has 0 bridgehead atoms. The molecule has 2 N–H and O–H groups in total. The van der Waals surface area contributed by atoms with E-state index in [1.807, 2.05) is 17.0 Å². The molecule has 7 atom stereocenters. The number of carbonyl (C=O) groups is 2. The highest BCUT2D eigenvalue weighted by atomic mass is 35.5. The quantitative estimate of drug-likeness (QED) is 0.363. The number of nitrogens with one attached hydrogen (secondary N) is 2. The second-order valence-electron chi connectivity index (χ2n) is 16.2. The van der Waals surface area contributed by atoms with Crippen molar-refractivity contribution < 1.29 is 14.3 Å². The van der Waals surface area contributed by atoms with Crippen LogP contribution in [-0.4, -0.2) is 96.4 Å². The summed E-state index contributed by atoms with van der Waals surface area (Å²) in [5.74, 6) is 0.511. The second kappa shape index (κ2) is 15.3. The maximum absolute atomic E-state index is 16.0. The summed E-state index contributed by atoms with van der Waals surface area (Å²) in [6.07, 6.45) is 15.5. The molecule has 1 amide bonds. The molecule has 6 aliphatic rings. The normalized spacial score (nSPS) is 35.9. The molecule has 10 heteroatoms. The summed E-state index contributed by atoms with van der Waals surface area (Å²) in [6, 6.07) is 8.67. The molecule has 3 heterocycles. The number of rotatable bonds is 7. The number of hydrogen-bond donors (Lipinski definition) is 2. The predicted molar refractivity (Wildman–Crippen MR) is 195 cm³/mol. The molecule has 3 aliphatic heterocycles. The van der Waals surface area contributed by atoms with E-state index in [-0.39, 0.29) is 36.4 Å². The lowest BCUT2D eigenvalue weighted by Gasteiger charge is -2.63. The Balaban J connectivity index is 1.28. The Kier molecular flexibility index (Phi) is 11.1. The predicted octanol–water partition coefficient (Wildman–Crippen LogP) is 5.42. The summed E-state index contributed by atoms with van der Waals surface area (Å²) in [6.45, 7) is 7.18. The number of Topliss-reactive ketones (excluding diaryl/α,β-unsaturated/α-hetero) is 1. The van der Waals surface area contributed by atoms with E-state index in [0.29, 0.717) is 38.1 Å². The number of likely N-dealkylation sites (tertiary alicyclic amines) is 1. The molecule has 3 saturated heterocycles. The van der Waals surface area contributed by atoms with Crippen LogP contribution < -0.4 is 10.6 Å². The zero-order valence-corrected chi connectivity index (χ0v) is 30.8. The fourth-order valence-electron chi connectivity index (χ4n) is 10.9. The Labute approximate surface area is 304 Å². The molecule has 1 aromatic carbocycles. The van der Waals surface area contributed by atoms with Crippen LogP contribution in [0.5, 0.6) is 0 Å². The molecule has 3 aliphatic carbocycles. The molecule has 5 fully saturated rings. The molecule has 0 radical (unpaired) electrons. The minimum absolute atomic E-state index is 0.0317. The third-order valence-corrected chi connectivity index (χ3v) is 14.0. The number of piperazine rings is 1. The molecular formula is C40H57ClN6O3. The van der Waals surface area contributed by atoms with Crippen molar-refractivity contribution in [3.05, 3.63) is 47.0 Å². The minimum Gasteiger partial charge on any atom is -0.348 e. The Morgan fingerprint density at radius 1 is 1.08 bits per heavy atom. The van der Waals surface area contributed by atoms with E-state index in [2.05, 4.69) is 46.2 Å². The zero-order chi connectivity index (χ0) is 34.9. The lowest BCUT2D eigenvalue weighted by atomic mass is 9.50. The smallest absolute Gasteiger partial charge is 0.246 e. The molecule has 1 spiro atoms. The molecule has 1 aromatic rings. The summed E-state index contributed by atoms with van der Waals surface area (Å²) in [7, 11) is 2.18. The van der Waals surface area contributed by atoms with Crippen LogP contribution in [0.15, 0.2) is 30.9 Å². The number of halogens is 1. The first kappa shape index (κ1) is 36.1. The SMILES string of the molecule is C=CC(=O)N1CCN(C2NC(OCC3CCCN3C)NC3(C4CCCCCCC4)C(=O)[C@]4(CCc5c(Cl)cccc5C4)CCC23)CC1CC#N. The lowest BCUT2D eigenvalue weighted by Crippen LogP contribution is -2.82. The molecule has 50 heavy (non-hydrogen) atoms. The third-order valence-electron chi connectivity index (χ3n) is 13.6. The third kappa shape index (κ3) is 6.70. The van der Waals surface area contributed by atoms with Gasteiger partial charge in [-0.2, -0.15) is 5.26 Å². The Morgan fingerprint density at radius 3 is 2.62 bits per heavy atom. The van der Waals surface area contributed by atoms with Crippen LogP contribution in [0.1, 0.15) is 94.6 Å². The number of nitrogens with zero attached hydrogens (tertiary/aromatic N) is 4. The Morgan fingerprint density at radius 2 is 1.88 bits per heavy atom. The summed E-state index contributed by atoms with van der Waals surface area (Å²) < 4.78 is 6.84. The van der Waals surface area contributed by atoms with Crippen LogP contribution >= 0.6 is 11.6 Å². The maximum atomic E-state index is 16.0. The van der Waals surface area contributed by atoms with Gasteiger partial charge < -0.3 is 14.5 Å². The number of carbonyl (C=O) groups excluding carboxylic acids is 2. The van der Waals surface area contributed by atoms with Gasteiger partial charge in [0.15, 0.2) is 12.1 Å². The van der Waals surface area contributed by atoms with Gasteiger partial charge in [0.2, 0.25) is 5.91 Å². The van der Waals surface area contributed by atoms with Crippen LogP contribution in [-0.2, 0) is 27.2 Å². The number of ketones is 1. The summed E-state index contributed by atoms with van der Waals surface area (Å²) in [4.78, 5) is 35.5. The van der Waals surface area contributed by atoms with Gasteiger partial charge in [0.1, 0.15) is 0 Å². The number of amides is 1. The van der Waals surface area contributed by atoms with Crippen LogP contribution in [0.2, 0.25) is 5.02 Å². The molecule has 0 aromatic heterocycles. The van der Waals surface area contributed by atoms with Gasteiger partial charge in [-0.1, -0.05) is 62.4 Å². The van der Waals surface area contributed by atoms with E-state index in [0.717, 1.165) is 75.8 Å². The summed E-state index contributed by atoms with van der Waals surface area (Å²) in [5.41, 5.74) is 1.25. The van der Waals surface area contributed by atoms with Crippen molar-refractivity contribution in [3.8, 4) is 6.07 Å². The van der Waals surface area contributed by atoms with Gasteiger partial charge in [0.25, 0.3) is 0 Å². The van der Waals surface area contributed by atoms with E-state index < -0.39 is 17.3 Å². The van der Waals surface area contributed by atoms with E-state index in [4.69, 9.17) is 16.3 Å². The van der Waals surface area contributed by atoms with Gasteiger partial charge in [-0.25, -0.2) is 0 Å². The second-order valence-corrected chi connectivity index (χ2v) is 16.6. The average molecular weight is 705 g/mol. The van der Waals surface area contributed by atoms with E-state index >= 15 is 4.79 Å². The minimum atomic E-state index is -0.743. The maximum Gasteiger partial charge on any atom is 0.246 e. The number of fused-ring (bicyclic) bond motifs is 2. The van der Waals surface area contributed by atoms with Gasteiger partial charge in [-0.3, -0.25) is 25.1 Å². The van der Waals surface area contributed by atoms with Gasteiger partial charge >= 0.3 is 0 Å². The molecule has 7 rings (SSSR count). The van der Waals surface area contributed by atoms with Gasteiger partial charge in [-0.05, 0) is 101 Å². The van der Waals surface area contributed by atoms with E-state index in [9.17, 15) is 10.1 Å². The van der Waals surface area contributed by atoms with Crippen molar-refractivity contribution in [1.29, 1.82) is 5.26 Å². The monoisotopic (exact) mass is 704 g/mol. The van der Waals surface area contributed by atoms with Crippen molar-refractivity contribution in [3.63, 3.8) is 0 Å². The first-order chi connectivity index (χ1) is 24.3. The highest BCUT2D eigenvalue weighted by molar-refractivity contribution is 6.31. The fraction of sp³-hybridized carbons (Fsp3) is 0.725. The zero-order valence-electron chi connectivity index (χ0n) is 30.0. The van der Waals surface area contributed by atoms with E-state index in [1.54, 1.807) is 0 Å². The largest absolute Gasteiger partial charge is 0.348 e. The fourth-order valence-corrected chi connectivity index (χ4v) is 11.2. The standard InChI is InChI=1S/C40H57ClN6O3/c1-3-35(48)47-24-23-46(26-30(47)18-21-42)36-33-17-20-39(19-16-32-28(25-39)11-9-15-34(32)41)37(49)40(33,29-12-7-5-4-6-8-13-29)44-38(43-36)50-27-31-14-10-22-45(31)2/h3,9,11,15,29-31,33,36,38,43-44H,1,4-8,10,12-14,16-20,22-27H2,2H3/t30?,31?,33?,36?,38?,39-,40?/m1/s1. The number of likely N-dealkylation sites (N-methyl/N-ethyl adjacent to an activating group) is 1. The highest BCUT2D eigenvalue weighted by Gasteiger charge is 2.65. The number of benzene rings is 1. The van der Waals surface area contributed by atoms with Gasteiger partial charge in [-0.15, -0.1) is 0 Å². The summed E-state index contributed by atoms with van der Waals surface area (Å²) >= 11 is 6.71. The van der Waals surface area contributed by atoms with Crippen LogP contribution in [0.25, 0.3) is 0 Å². The summed E-state index contributed by atoms with van der Waals surface area (Å²) in [5, 5.41) is 18.6. The molecule has 6 unspecified atom stereocenters. The topological polar surface area (TPSA) is 101 Å². The van der Waals surface area contributed by atoms with Gasteiger partial charge in [0.05, 0.1) is 36.8 Å². The van der Waals surface area contributed by atoms with Gasteiger partial charge in [0, 0.05) is 42.0 Å². The van der Waals surface area contributed by atoms with Crippen LogP contribution in [0, 0.1) is 28.6 Å². The molecular weight excluding hydrogens is 648 g/mol. The Hall–Kier alpha value is -2.32. The molecule has 2 saturated carbocycles. The molecule has 272 valence electrons. The van der Waals surface area contributed by atoms with Crippen molar-refractivity contribution >= 4 is 23.3 Å². The number of hydrogen-bond acceptors (Lipinski definition) is 8. The van der Waals surface area contributed by atoms with Crippen LogP contribution in [0.3, 0.4) is 0 Å². The van der Waals surface area contributed by atoms with Crippen LogP contribution in [0.4, 0.5) is 0 Å². The first-order valence-electron chi connectivity index (χ1n) is 19.5. The lowest BCUT2D eigenvalue weighted by molar-refractivity contribution is -0.179. The average Bonchev–Trinajstić information content (AvgIpc) is 3.52. The van der Waals surface area contributed by atoms with Crippen molar-refractivity contribution in [1.82, 2.24) is 25.3 Å². The first-order valence-corrected chi connectivity index (χ1v) is 19.9. The number of nitriles is 1. The number of ether oxygens (including phenoxy) is 1. The Bertz CT molecular complexity index is 1460. The van der Waals surface area contributed by atoms with E-state index in [1.165, 1.54) is 42.9 Å². The van der Waals surface area contributed by atoms with Crippen molar-refractivity contribution in [2.24, 2.45) is 17.3 Å².